The van der Waals surface area contributed by atoms with Gasteiger partial charge in [0.15, 0.2) is 0 Å². The molecule has 2 N–H and O–H groups in total. The molecule has 1 atom stereocenters. The van der Waals surface area contributed by atoms with E-state index in [-0.39, 0.29) is 21.9 Å². The highest BCUT2D eigenvalue weighted by Gasteiger charge is 2.22. The Kier molecular flexibility index (Phi) is 4.51. The number of nitrogens with one attached hydrogen (secondary N) is 2. The lowest BCUT2D eigenvalue weighted by molar-refractivity contribution is -0.116. The number of hydrogen-bond donors (Lipinski definition) is 2. The first-order valence-corrected chi connectivity index (χ1v) is 9.76. The molecule has 0 saturated heterocycles. The number of pyridine rings is 1. The molecule has 0 radical (unpaired) electrons. The van der Waals surface area contributed by atoms with Gasteiger partial charge in [-0.05, 0) is 42.8 Å². The molecule has 0 spiro atoms. The van der Waals surface area contributed by atoms with Crippen molar-refractivity contribution in [3.63, 3.8) is 0 Å². The predicted molar refractivity (Wildman–Crippen MR) is 94.8 cm³/mol. The number of sulfonamides is 1. The summed E-state index contributed by atoms with van der Waals surface area (Å²) in [5, 5.41) is 2.91. The SMILES string of the molecule is Cc1ccnc(NS(=O)(=O)c2ccc3c(c2)NC(=O)C[C@@H](C)S3)c1. The van der Waals surface area contributed by atoms with E-state index < -0.39 is 10.0 Å². The van der Waals surface area contributed by atoms with Crippen LogP contribution in [0.3, 0.4) is 0 Å². The van der Waals surface area contributed by atoms with Gasteiger partial charge in [-0.3, -0.25) is 9.52 Å². The van der Waals surface area contributed by atoms with Crippen LogP contribution in [0.4, 0.5) is 11.5 Å². The molecular formula is C16H17N3O3S2. The molecule has 126 valence electrons. The third-order valence-electron chi connectivity index (χ3n) is 3.49. The number of carbonyl (C=O) groups excluding carboxylic acids is 1. The van der Waals surface area contributed by atoms with Crippen LogP contribution in [-0.2, 0) is 14.8 Å². The molecule has 0 bridgehead atoms. The van der Waals surface area contributed by atoms with Crippen molar-refractivity contribution in [3.8, 4) is 0 Å². The molecule has 2 heterocycles. The van der Waals surface area contributed by atoms with E-state index in [4.69, 9.17) is 0 Å². The van der Waals surface area contributed by atoms with Crippen molar-refractivity contribution in [1.29, 1.82) is 0 Å². The van der Waals surface area contributed by atoms with Crippen LogP contribution in [0.25, 0.3) is 0 Å². The first-order valence-electron chi connectivity index (χ1n) is 7.39. The maximum absolute atomic E-state index is 12.6. The second-order valence-electron chi connectivity index (χ2n) is 5.66. The number of anilines is 2. The lowest BCUT2D eigenvalue weighted by atomic mass is 10.3. The monoisotopic (exact) mass is 363 g/mol. The highest BCUT2D eigenvalue weighted by molar-refractivity contribution is 8.00. The van der Waals surface area contributed by atoms with Crippen molar-refractivity contribution in [1.82, 2.24) is 4.98 Å². The number of amides is 1. The molecule has 2 aromatic rings. The molecule has 1 amide bonds. The van der Waals surface area contributed by atoms with Crippen LogP contribution in [0, 0.1) is 6.92 Å². The number of thioether (sulfide) groups is 1. The fourth-order valence-corrected chi connectivity index (χ4v) is 4.46. The Morgan fingerprint density at radius 3 is 2.83 bits per heavy atom. The van der Waals surface area contributed by atoms with Gasteiger partial charge >= 0.3 is 0 Å². The van der Waals surface area contributed by atoms with Crippen molar-refractivity contribution in [2.24, 2.45) is 0 Å². The minimum Gasteiger partial charge on any atom is -0.325 e. The third kappa shape index (κ3) is 3.70. The van der Waals surface area contributed by atoms with E-state index in [1.54, 1.807) is 36.2 Å². The Morgan fingerprint density at radius 1 is 1.29 bits per heavy atom. The van der Waals surface area contributed by atoms with E-state index in [0.717, 1.165) is 10.5 Å². The van der Waals surface area contributed by atoms with E-state index in [9.17, 15) is 13.2 Å². The lowest BCUT2D eigenvalue weighted by Crippen LogP contribution is -2.15. The minimum atomic E-state index is -3.78. The molecule has 0 aliphatic carbocycles. The van der Waals surface area contributed by atoms with Crippen LogP contribution < -0.4 is 10.0 Å². The number of fused-ring (bicyclic) bond motifs is 1. The number of aryl methyl sites for hydroxylation is 1. The van der Waals surface area contributed by atoms with E-state index in [2.05, 4.69) is 15.0 Å². The summed E-state index contributed by atoms with van der Waals surface area (Å²) in [7, 11) is -3.78. The van der Waals surface area contributed by atoms with Gasteiger partial charge < -0.3 is 5.32 Å². The molecule has 0 fully saturated rings. The number of benzene rings is 1. The van der Waals surface area contributed by atoms with Crippen molar-refractivity contribution in [2.45, 2.75) is 35.3 Å². The molecule has 1 aromatic heterocycles. The number of aromatic nitrogens is 1. The van der Waals surface area contributed by atoms with Gasteiger partial charge in [0.2, 0.25) is 5.91 Å². The second-order valence-corrected chi connectivity index (χ2v) is 8.83. The molecular weight excluding hydrogens is 346 g/mol. The number of nitrogens with zero attached hydrogens (tertiary/aromatic N) is 1. The zero-order chi connectivity index (χ0) is 17.3. The van der Waals surface area contributed by atoms with Crippen LogP contribution in [0.2, 0.25) is 0 Å². The molecule has 1 aromatic carbocycles. The van der Waals surface area contributed by atoms with Crippen LogP contribution in [-0.4, -0.2) is 24.6 Å². The highest BCUT2D eigenvalue weighted by atomic mass is 32.2. The van der Waals surface area contributed by atoms with Crippen molar-refractivity contribution in [2.75, 3.05) is 10.0 Å². The Morgan fingerprint density at radius 2 is 2.08 bits per heavy atom. The van der Waals surface area contributed by atoms with Gasteiger partial charge in [-0.1, -0.05) is 6.92 Å². The summed E-state index contributed by atoms with van der Waals surface area (Å²) in [5.41, 5.74) is 1.43. The van der Waals surface area contributed by atoms with Crippen LogP contribution in [0.1, 0.15) is 18.9 Å². The van der Waals surface area contributed by atoms with Gasteiger partial charge in [0.25, 0.3) is 10.0 Å². The van der Waals surface area contributed by atoms with Gasteiger partial charge in [0.05, 0.1) is 10.6 Å². The van der Waals surface area contributed by atoms with E-state index in [0.29, 0.717) is 12.1 Å². The fourth-order valence-electron chi connectivity index (χ4n) is 2.39. The summed E-state index contributed by atoms with van der Waals surface area (Å²) in [5.74, 6) is 0.147. The maximum Gasteiger partial charge on any atom is 0.263 e. The largest absolute Gasteiger partial charge is 0.325 e. The van der Waals surface area contributed by atoms with Crippen LogP contribution >= 0.6 is 11.8 Å². The summed E-state index contributed by atoms with van der Waals surface area (Å²) in [6.45, 7) is 3.82. The molecule has 24 heavy (non-hydrogen) atoms. The third-order valence-corrected chi connectivity index (χ3v) is 6.02. The van der Waals surface area contributed by atoms with E-state index in [1.807, 2.05) is 13.8 Å². The zero-order valence-corrected chi connectivity index (χ0v) is 14.9. The number of carbonyl (C=O) groups is 1. The molecule has 1 aliphatic heterocycles. The van der Waals surface area contributed by atoms with Crippen molar-refractivity contribution >= 4 is 39.2 Å². The molecule has 6 nitrogen and oxygen atoms in total. The normalized spacial score (nSPS) is 17.6. The lowest BCUT2D eigenvalue weighted by Gasteiger charge is -2.11. The Balaban J connectivity index is 1.93. The summed E-state index contributed by atoms with van der Waals surface area (Å²) in [6.07, 6.45) is 1.94. The second kappa shape index (κ2) is 6.45. The van der Waals surface area contributed by atoms with E-state index in [1.165, 1.54) is 12.1 Å². The maximum atomic E-state index is 12.6. The summed E-state index contributed by atoms with van der Waals surface area (Å²) in [6, 6.07) is 8.18. The topological polar surface area (TPSA) is 88.2 Å². The fraction of sp³-hybridized carbons (Fsp3) is 0.250. The Labute approximate surface area is 145 Å². The van der Waals surface area contributed by atoms with Crippen molar-refractivity contribution in [3.05, 3.63) is 42.1 Å². The summed E-state index contributed by atoms with van der Waals surface area (Å²) < 4.78 is 27.6. The summed E-state index contributed by atoms with van der Waals surface area (Å²) >= 11 is 1.55. The standard InChI is InChI=1S/C16H17N3O3S2/c1-10-5-6-17-15(7-10)19-24(21,22)12-3-4-14-13(9-12)18-16(20)8-11(2)23-14/h3-7,9,11H,8H2,1-2H3,(H,17,19)(H,18,20)/t11-/m1/s1. The molecule has 8 heteroatoms. The van der Waals surface area contributed by atoms with Gasteiger partial charge in [0, 0.05) is 22.8 Å². The molecule has 1 aliphatic rings. The predicted octanol–water partition coefficient (Wildman–Crippen LogP) is 3.01. The average molecular weight is 363 g/mol. The molecule has 0 unspecified atom stereocenters. The smallest absolute Gasteiger partial charge is 0.263 e. The van der Waals surface area contributed by atoms with Crippen LogP contribution in [0.5, 0.6) is 0 Å². The number of rotatable bonds is 3. The Bertz CT molecular complexity index is 897. The first-order chi connectivity index (χ1) is 11.3. The average Bonchev–Trinajstić information content (AvgIpc) is 2.62. The summed E-state index contributed by atoms with van der Waals surface area (Å²) in [4.78, 5) is 16.8. The first kappa shape index (κ1) is 16.8. The van der Waals surface area contributed by atoms with E-state index >= 15 is 0 Å². The van der Waals surface area contributed by atoms with Gasteiger partial charge in [-0.15, -0.1) is 11.8 Å². The van der Waals surface area contributed by atoms with Crippen molar-refractivity contribution < 1.29 is 13.2 Å². The Hall–Kier alpha value is -2.06. The van der Waals surface area contributed by atoms with Crippen LogP contribution in [0.15, 0.2) is 46.3 Å². The quantitative estimate of drug-likeness (QED) is 0.875. The minimum absolute atomic E-state index is 0.0833. The van der Waals surface area contributed by atoms with Gasteiger partial charge in [-0.2, -0.15) is 0 Å². The van der Waals surface area contributed by atoms with Gasteiger partial charge in [-0.25, -0.2) is 13.4 Å². The van der Waals surface area contributed by atoms with Gasteiger partial charge in [0.1, 0.15) is 5.82 Å². The highest BCUT2D eigenvalue weighted by Crippen LogP contribution is 2.36. The molecule has 3 rings (SSSR count). The number of hydrogen-bond acceptors (Lipinski definition) is 5. The molecule has 0 saturated carbocycles. The zero-order valence-electron chi connectivity index (χ0n) is 13.2.